The van der Waals surface area contributed by atoms with Gasteiger partial charge in [0, 0.05) is 33.0 Å². The highest BCUT2D eigenvalue weighted by Crippen LogP contribution is 2.43. The quantitative estimate of drug-likeness (QED) is 0.186. The molecule has 0 fully saturated rings. The van der Waals surface area contributed by atoms with Gasteiger partial charge in [0.25, 0.3) is 0 Å². The molecule has 0 bridgehead atoms. The smallest absolute Gasteiger partial charge is 0.164 e. The van der Waals surface area contributed by atoms with E-state index in [1.54, 1.807) is 0 Å². The predicted molar refractivity (Wildman–Crippen MR) is 209 cm³/mol. The molecule has 0 aliphatic rings. The predicted octanol–water partition coefficient (Wildman–Crippen LogP) is 12.4. The molecule has 0 aliphatic carbocycles. The van der Waals surface area contributed by atoms with Crippen molar-refractivity contribution in [1.29, 1.82) is 0 Å². The van der Waals surface area contributed by atoms with Crippen molar-refractivity contribution >= 4 is 43.5 Å². The summed E-state index contributed by atoms with van der Waals surface area (Å²) in [5, 5.41) is 6.59. The van der Waals surface area contributed by atoms with E-state index < -0.39 is 0 Å². The van der Waals surface area contributed by atoms with E-state index in [9.17, 15) is 0 Å². The molecule has 2 heterocycles. The van der Waals surface area contributed by atoms with Gasteiger partial charge in [-0.05, 0) is 74.6 Å². The third kappa shape index (κ3) is 5.13. The van der Waals surface area contributed by atoms with Crippen LogP contribution in [0.5, 0.6) is 0 Å². The van der Waals surface area contributed by atoms with Gasteiger partial charge in [-0.3, -0.25) is 0 Å². The SMILES string of the molecule is c1ccc(-c2cccc(-c3nc(-c4ccc5ccccc5c4)nc(-c4ccc(-c5ccccc5)c5oc6cc7ccccc7cc6c45)n3)c2)cc1. The maximum atomic E-state index is 6.78. The summed E-state index contributed by atoms with van der Waals surface area (Å²) in [5.74, 6) is 1.82. The molecule has 0 radical (unpaired) electrons. The minimum Gasteiger partial charge on any atom is -0.455 e. The molecule has 10 rings (SSSR count). The van der Waals surface area contributed by atoms with Crippen LogP contribution in [0.4, 0.5) is 0 Å². The molecule has 4 nitrogen and oxygen atoms in total. The van der Waals surface area contributed by atoms with Crippen molar-refractivity contribution in [2.24, 2.45) is 0 Å². The van der Waals surface area contributed by atoms with Crippen LogP contribution in [0, 0.1) is 0 Å². The third-order valence-corrected chi connectivity index (χ3v) is 9.68. The van der Waals surface area contributed by atoms with Gasteiger partial charge in [-0.2, -0.15) is 0 Å². The average molecular weight is 652 g/mol. The second-order valence-corrected chi connectivity index (χ2v) is 12.8. The van der Waals surface area contributed by atoms with Crippen LogP contribution in [0.25, 0.3) is 99.9 Å². The maximum absolute atomic E-state index is 6.78. The zero-order chi connectivity index (χ0) is 33.7. The van der Waals surface area contributed by atoms with Crippen LogP contribution in [-0.2, 0) is 0 Å². The van der Waals surface area contributed by atoms with Gasteiger partial charge in [-0.25, -0.2) is 15.0 Å². The zero-order valence-electron chi connectivity index (χ0n) is 27.5. The number of rotatable bonds is 5. The molecule has 0 N–H and O–H groups in total. The van der Waals surface area contributed by atoms with Crippen LogP contribution < -0.4 is 0 Å². The average Bonchev–Trinajstić information content (AvgIpc) is 3.58. The fraction of sp³-hybridized carbons (Fsp3) is 0. The number of benzene rings is 8. The molecule has 51 heavy (non-hydrogen) atoms. The summed E-state index contributed by atoms with van der Waals surface area (Å²) >= 11 is 0. The molecule has 4 heteroatoms. The summed E-state index contributed by atoms with van der Waals surface area (Å²) in [7, 11) is 0. The lowest BCUT2D eigenvalue weighted by molar-refractivity contribution is 0.670. The van der Waals surface area contributed by atoms with E-state index in [0.29, 0.717) is 17.5 Å². The van der Waals surface area contributed by atoms with Crippen LogP contribution in [-0.4, -0.2) is 15.0 Å². The van der Waals surface area contributed by atoms with E-state index in [0.717, 1.165) is 77.0 Å². The van der Waals surface area contributed by atoms with E-state index in [1.807, 2.05) is 12.1 Å². The molecule has 0 atom stereocenters. The topological polar surface area (TPSA) is 51.8 Å². The summed E-state index contributed by atoms with van der Waals surface area (Å²) in [6, 6.07) is 61.0. The van der Waals surface area contributed by atoms with Gasteiger partial charge in [0.05, 0.1) is 0 Å². The number of aromatic nitrogens is 3. The Balaban J connectivity index is 1.25. The van der Waals surface area contributed by atoms with Crippen molar-refractivity contribution in [3.63, 3.8) is 0 Å². The maximum Gasteiger partial charge on any atom is 0.164 e. The largest absolute Gasteiger partial charge is 0.455 e. The Morgan fingerprint density at radius 3 is 1.63 bits per heavy atom. The highest BCUT2D eigenvalue weighted by atomic mass is 16.3. The van der Waals surface area contributed by atoms with Crippen LogP contribution >= 0.6 is 0 Å². The van der Waals surface area contributed by atoms with Gasteiger partial charge in [0.2, 0.25) is 0 Å². The molecular formula is C47H29N3O. The number of nitrogens with zero attached hydrogens (tertiary/aromatic N) is 3. The van der Waals surface area contributed by atoms with E-state index in [4.69, 9.17) is 19.4 Å². The fourth-order valence-electron chi connectivity index (χ4n) is 7.15. The van der Waals surface area contributed by atoms with E-state index in [1.165, 1.54) is 5.39 Å². The molecular weight excluding hydrogens is 623 g/mol. The lowest BCUT2D eigenvalue weighted by atomic mass is 9.97. The van der Waals surface area contributed by atoms with E-state index >= 15 is 0 Å². The number of hydrogen-bond acceptors (Lipinski definition) is 4. The molecule has 0 spiro atoms. The molecule has 8 aromatic carbocycles. The molecule has 2 aromatic heterocycles. The number of furan rings is 1. The lowest BCUT2D eigenvalue weighted by Crippen LogP contribution is -2.01. The lowest BCUT2D eigenvalue weighted by Gasteiger charge is -2.12. The third-order valence-electron chi connectivity index (χ3n) is 9.68. The monoisotopic (exact) mass is 651 g/mol. The Morgan fingerprint density at radius 2 is 0.882 bits per heavy atom. The fourth-order valence-corrected chi connectivity index (χ4v) is 7.15. The minimum atomic E-state index is 0.591. The Bertz CT molecular complexity index is 2910. The second kappa shape index (κ2) is 11.9. The van der Waals surface area contributed by atoms with Gasteiger partial charge in [-0.1, -0.05) is 140 Å². The van der Waals surface area contributed by atoms with E-state index in [2.05, 4.69) is 164 Å². The molecule has 0 amide bonds. The van der Waals surface area contributed by atoms with Crippen LogP contribution in [0.15, 0.2) is 180 Å². The molecule has 10 aromatic rings. The number of hydrogen-bond donors (Lipinski definition) is 0. The van der Waals surface area contributed by atoms with Crippen LogP contribution in [0.2, 0.25) is 0 Å². The Hall–Kier alpha value is -6.91. The first-order valence-electron chi connectivity index (χ1n) is 17.1. The molecule has 238 valence electrons. The molecule has 0 saturated heterocycles. The van der Waals surface area contributed by atoms with Crippen LogP contribution in [0.3, 0.4) is 0 Å². The van der Waals surface area contributed by atoms with Crippen molar-refractivity contribution in [1.82, 2.24) is 15.0 Å². The Morgan fingerprint density at radius 1 is 0.333 bits per heavy atom. The molecule has 0 unspecified atom stereocenters. The van der Waals surface area contributed by atoms with Crippen molar-refractivity contribution in [2.45, 2.75) is 0 Å². The van der Waals surface area contributed by atoms with Crippen LogP contribution in [0.1, 0.15) is 0 Å². The van der Waals surface area contributed by atoms with Gasteiger partial charge in [0.1, 0.15) is 11.2 Å². The molecule has 0 aliphatic heterocycles. The van der Waals surface area contributed by atoms with Gasteiger partial charge >= 0.3 is 0 Å². The van der Waals surface area contributed by atoms with Crippen molar-refractivity contribution in [3.05, 3.63) is 176 Å². The summed E-state index contributed by atoms with van der Waals surface area (Å²) < 4.78 is 6.78. The Kier molecular flexibility index (Phi) is 6.78. The summed E-state index contributed by atoms with van der Waals surface area (Å²) in [6.45, 7) is 0. The number of fused-ring (bicyclic) bond motifs is 5. The first-order valence-corrected chi connectivity index (χ1v) is 17.1. The zero-order valence-corrected chi connectivity index (χ0v) is 27.5. The summed E-state index contributed by atoms with van der Waals surface area (Å²) in [6.07, 6.45) is 0. The normalized spacial score (nSPS) is 11.5. The highest BCUT2D eigenvalue weighted by molar-refractivity contribution is 6.18. The van der Waals surface area contributed by atoms with Crippen molar-refractivity contribution < 1.29 is 4.42 Å². The van der Waals surface area contributed by atoms with Crippen molar-refractivity contribution in [2.75, 3.05) is 0 Å². The highest BCUT2D eigenvalue weighted by Gasteiger charge is 2.21. The summed E-state index contributed by atoms with van der Waals surface area (Å²) in [4.78, 5) is 15.6. The van der Waals surface area contributed by atoms with Gasteiger partial charge in [0.15, 0.2) is 17.5 Å². The van der Waals surface area contributed by atoms with Gasteiger partial charge in [-0.15, -0.1) is 0 Å². The van der Waals surface area contributed by atoms with E-state index in [-0.39, 0.29) is 0 Å². The minimum absolute atomic E-state index is 0.591. The standard InChI is InChI=1S/C47H29N3O/c1-3-12-30(13-4-1)34-20-11-21-37(26-34)45-48-46(38-23-22-31-14-7-8-17-33(31)27-38)50-47(49-45)40-25-24-39(32-15-5-2-6-16-32)44-43(40)41-28-35-18-9-10-19-36(35)29-42(41)51-44/h1-29H. The summed E-state index contributed by atoms with van der Waals surface area (Å²) in [5.41, 5.74) is 8.72. The Labute approximate surface area is 294 Å². The van der Waals surface area contributed by atoms with Gasteiger partial charge < -0.3 is 4.42 Å². The first kappa shape index (κ1) is 29.0. The first-order chi connectivity index (χ1) is 25.2. The second-order valence-electron chi connectivity index (χ2n) is 12.8. The molecule has 0 saturated carbocycles. The van der Waals surface area contributed by atoms with Crippen molar-refractivity contribution in [3.8, 4) is 56.4 Å².